The molecule has 0 unspecified atom stereocenters. The van der Waals surface area contributed by atoms with Gasteiger partial charge >= 0.3 is 0 Å². The molecule has 3 heteroatoms. The van der Waals surface area contributed by atoms with Gasteiger partial charge in [0.15, 0.2) is 0 Å². The first-order valence-electron chi connectivity index (χ1n) is 17.0. The third-order valence-corrected chi connectivity index (χ3v) is 11.1. The van der Waals surface area contributed by atoms with Crippen molar-refractivity contribution < 1.29 is 4.42 Å². The number of benzene rings is 8. The molecule has 10 rings (SSSR count). The lowest BCUT2D eigenvalue weighted by molar-refractivity contribution is 0.669. The fourth-order valence-electron chi connectivity index (χ4n) is 7.51. The minimum atomic E-state index is 0.735. The van der Waals surface area contributed by atoms with Crippen LogP contribution in [-0.4, -0.2) is 0 Å². The van der Waals surface area contributed by atoms with Crippen LogP contribution >= 0.6 is 11.3 Å². The summed E-state index contributed by atoms with van der Waals surface area (Å²) in [4.78, 5) is 2.45. The second-order valence-corrected chi connectivity index (χ2v) is 14.0. The van der Waals surface area contributed by atoms with Crippen LogP contribution in [0.1, 0.15) is 5.56 Å². The van der Waals surface area contributed by atoms with Crippen molar-refractivity contribution in [1.82, 2.24) is 0 Å². The highest BCUT2D eigenvalue weighted by Crippen LogP contribution is 2.40. The van der Waals surface area contributed by atoms with Crippen LogP contribution < -0.4 is 4.90 Å². The van der Waals surface area contributed by atoms with E-state index in [4.69, 9.17) is 4.42 Å². The quantitative estimate of drug-likeness (QED) is 0.177. The van der Waals surface area contributed by atoms with Crippen LogP contribution in [0.3, 0.4) is 0 Å². The van der Waals surface area contributed by atoms with Gasteiger partial charge in [-0.15, -0.1) is 11.3 Å². The van der Waals surface area contributed by atoms with Crippen LogP contribution in [0.4, 0.5) is 11.4 Å². The Bertz CT molecular complexity index is 2850. The van der Waals surface area contributed by atoms with Gasteiger partial charge in [-0.05, 0) is 87.1 Å². The molecule has 236 valence electrons. The normalized spacial score (nSPS) is 11.7. The van der Waals surface area contributed by atoms with Gasteiger partial charge in [0.2, 0.25) is 0 Å². The Morgan fingerprint density at radius 3 is 2.02 bits per heavy atom. The Morgan fingerprint density at radius 2 is 1.12 bits per heavy atom. The molecule has 50 heavy (non-hydrogen) atoms. The predicted molar refractivity (Wildman–Crippen MR) is 214 cm³/mol. The van der Waals surface area contributed by atoms with Gasteiger partial charge in [-0.3, -0.25) is 0 Å². The summed E-state index contributed by atoms with van der Waals surface area (Å²) in [5, 5.41) is 7.34. The van der Waals surface area contributed by atoms with Gasteiger partial charge in [0.05, 0.1) is 0 Å². The minimum Gasteiger partial charge on any atom is -0.456 e. The molecule has 0 aliphatic heterocycles. The summed E-state index contributed by atoms with van der Waals surface area (Å²) in [6.45, 7) is 0.735. The zero-order valence-corrected chi connectivity index (χ0v) is 28.0. The van der Waals surface area contributed by atoms with Crippen molar-refractivity contribution in [2.24, 2.45) is 0 Å². The Labute approximate surface area is 294 Å². The van der Waals surface area contributed by atoms with E-state index in [-0.39, 0.29) is 0 Å². The summed E-state index contributed by atoms with van der Waals surface area (Å²) in [5.41, 5.74) is 10.3. The van der Waals surface area contributed by atoms with Gasteiger partial charge in [-0.25, -0.2) is 0 Å². The van der Waals surface area contributed by atoms with Crippen molar-refractivity contribution >= 4 is 75.6 Å². The average Bonchev–Trinajstić information content (AvgIpc) is 3.74. The first-order chi connectivity index (χ1) is 24.8. The maximum Gasteiger partial charge on any atom is 0.136 e. The molecule has 0 bridgehead atoms. The van der Waals surface area contributed by atoms with Gasteiger partial charge in [0.25, 0.3) is 0 Å². The number of hydrogen-bond donors (Lipinski definition) is 0. The summed E-state index contributed by atoms with van der Waals surface area (Å²) < 4.78 is 8.91. The van der Waals surface area contributed by atoms with Crippen LogP contribution in [0.5, 0.6) is 0 Å². The zero-order chi connectivity index (χ0) is 33.0. The zero-order valence-electron chi connectivity index (χ0n) is 27.2. The van der Waals surface area contributed by atoms with E-state index in [1.807, 2.05) is 23.5 Å². The van der Waals surface area contributed by atoms with E-state index in [0.717, 1.165) is 34.2 Å². The molecule has 0 radical (unpaired) electrons. The van der Waals surface area contributed by atoms with Crippen LogP contribution in [0, 0.1) is 0 Å². The number of hydrogen-bond acceptors (Lipinski definition) is 3. The second-order valence-electron chi connectivity index (χ2n) is 12.9. The molecule has 2 aromatic heterocycles. The van der Waals surface area contributed by atoms with Crippen molar-refractivity contribution in [2.45, 2.75) is 6.54 Å². The SMILES string of the molecule is c1ccc(-c2ccccc2CN(c2ccc(-c3cccc4cc5c(cc34)oc3ccccc35)cc2)c2ccc3c(c2)sc2ccccc23)cc1. The lowest BCUT2D eigenvalue weighted by atomic mass is 9.96. The molecule has 10 aromatic rings. The van der Waals surface area contributed by atoms with Gasteiger partial charge in [-0.1, -0.05) is 127 Å². The third kappa shape index (κ3) is 4.86. The molecule has 0 N–H and O–H groups in total. The lowest BCUT2D eigenvalue weighted by Gasteiger charge is -2.27. The van der Waals surface area contributed by atoms with Gasteiger partial charge in [0, 0.05) is 48.9 Å². The molecular weight excluding hydrogens is 627 g/mol. The molecule has 8 aromatic carbocycles. The summed E-state index contributed by atoms with van der Waals surface area (Å²) in [6.07, 6.45) is 0. The average molecular weight is 658 g/mol. The monoisotopic (exact) mass is 657 g/mol. The standard InChI is InChI=1S/C47H31NOS/c1-2-11-31(12-3-1)37-15-5-4-13-34(37)30-48(36-25-26-41-40-17-7-9-20-46(40)50-47(41)28-36)35-23-21-32(22-24-35)38-18-10-14-33-27-43-39-16-6-8-19-44(39)49-45(43)29-42(33)38/h1-29H,30H2. The van der Waals surface area contributed by atoms with Gasteiger partial charge in [-0.2, -0.15) is 0 Å². The van der Waals surface area contributed by atoms with Crippen LogP contribution in [0.2, 0.25) is 0 Å². The summed E-state index contributed by atoms with van der Waals surface area (Å²) in [7, 11) is 0. The van der Waals surface area contributed by atoms with Gasteiger partial charge in [0.1, 0.15) is 11.2 Å². The summed E-state index contributed by atoms with van der Waals surface area (Å²) in [6, 6.07) is 63.5. The van der Waals surface area contributed by atoms with E-state index in [1.165, 1.54) is 64.4 Å². The van der Waals surface area contributed by atoms with Crippen LogP contribution in [0.15, 0.2) is 180 Å². The Balaban J connectivity index is 1.09. The smallest absolute Gasteiger partial charge is 0.136 e. The molecule has 0 aliphatic carbocycles. The van der Waals surface area contributed by atoms with E-state index in [2.05, 4.69) is 169 Å². The number of fused-ring (bicyclic) bond motifs is 7. The number of thiophene rings is 1. The first-order valence-corrected chi connectivity index (χ1v) is 17.9. The Kier molecular flexibility index (Phi) is 6.78. The first kappa shape index (κ1) is 28.8. The van der Waals surface area contributed by atoms with Crippen LogP contribution in [-0.2, 0) is 6.54 Å². The topological polar surface area (TPSA) is 16.4 Å². The molecule has 2 heterocycles. The van der Waals surface area contributed by atoms with E-state index in [0.29, 0.717) is 0 Å². The van der Waals surface area contributed by atoms with E-state index in [1.54, 1.807) is 0 Å². The number of para-hydroxylation sites is 1. The molecule has 0 saturated carbocycles. The molecular formula is C47H31NOS. The van der Waals surface area contributed by atoms with Crippen molar-refractivity contribution in [3.63, 3.8) is 0 Å². The largest absolute Gasteiger partial charge is 0.456 e. The van der Waals surface area contributed by atoms with E-state index >= 15 is 0 Å². The molecule has 0 amide bonds. The number of nitrogens with zero attached hydrogens (tertiary/aromatic N) is 1. The fourth-order valence-corrected chi connectivity index (χ4v) is 8.65. The van der Waals surface area contributed by atoms with E-state index < -0.39 is 0 Å². The predicted octanol–water partition coefficient (Wildman–Crippen LogP) is 13.8. The summed E-state index contributed by atoms with van der Waals surface area (Å²) in [5.74, 6) is 0. The van der Waals surface area contributed by atoms with Crippen molar-refractivity contribution in [3.8, 4) is 22.3 Å². The molecule has 0 aliphatic rings. The summed E-state index contributed by atoms with van der Waals surface area (Å²) >= 11 is 1.86. The third-order valence-electron chi connectivity index (χ3n) is 9.97. The molecule has 0 spiro atoms. The number of furan rings is 1. The highest BCUT2D eigenvalue weighted by Gasteiger charge is 2.17. The second kappa shape index (κ2) is 11.8. The molecule has 0 fully saturated rings. The Hall–Kier alpha value is -6.16. The fraction of sp³-hybridized carbons (Fsp3) is 0.0213. The highest BCUT2D eigenvalue weighted by molar-refractivity contribution is 7.25. The maximum atomic E-state index is 6.29. The van der Waals surface area contributed by atoms with Crippen molar-refractivity contribution in [1.29, 1.82) is 0 Å². The van der Waals surface area contributed by atoms with Gasteiger partial charge < -0.3 is 9.32 Å². The van der Waals surface area contributed by atoms with E-state index in [9.17, 15) is 0 Å². The number of rotatable bonds is 6. The van der Waals surface area contributed by atoms with Crippen molar-refractivity contribution in [3.05, 3.63) is 181 Å². The maximum absolute atomic E-state index is 6.29. The molecule has 0 saturated heterocycles. The highest BCUT2D eigenvalue weighted by atomic mass is 32.1. The van der Waals surface area contributed by atoms with Crippen molar-refractivity contribution in [2.75, 3.05) is 4.90 Å². The molecule has 0 atom stereocenters. The number of anilines is 2. The van der Waals surface area contributed by atoms with Crippen LogP contribution in [0.25, 0.3) is 75.1 Å². The Morgan fingerprint density at radius 1 is 0.420 bits per heavy atom. The minimum absolute atomic E-state index is 0.735. The lowest BCUT2D eigenvalue weighted by Crippen LogP contribution is -2.17. The molecule has 2 nitrogen and oxygen atoms in total.